The Labute approximate surface area is 95.7 Å². The molecule has 2 nitrogen and oxygen atoms in total. The summed E-state index contributed by atoms with van der Waals surface area (Å²) < 4.78 is 43.4. The molecule has 0 amide bonds. The molecule has 1 N–H and O–H groups in total. The van der Waals surface area contributed by atoms with E-state index in [4.69, 9.17) is 4.42 Å². The van der Waals surface area contributed by atoms with Crippen LogP contribution in [-0.4, -0.2) is 5.11 Å². The van der Waals surface area contributed by atoms with Gasteiger partial charge in [-0.2, -0.15) is 13.2 Å². The highest BCUT2D eigenvalue weighted by Crippen LogP contribution is 2.37. The van der Waals surface area contributed by atoms with E-state index in [1.54, 1.807) is 0 Å². The molecule has 2 rings (SSSR count). The Morgan fingerprint density at radius 1 is 1.18 bits per heavy atom. The fraction of sp³-hybridized carbons (Fsp3) is 0.333. The Morgan fingerprint density at radius 3 is 2.35 bits per heavy atom. The molecule has 1 heterocycles. The van der Waals surface area contributed by atoms with Gasteiger partial charge in [-0.25, -0.2) is 0 Å². The van der Waals surface area contributed by atoms with Gasteiger partial charge in [0.25, 0.3) is 0 Å². The Morgan fingerprint density at radius 2 is 1.82 bits per heavy atom. The molecule has 0 saturated carbocycles. The van der Waals surface area contributed by atoms with Crippen LogP contribution >= 0.6 is 0 Å². The second kappa shape index (κ2) is 3.50. The normalized spacial score (nSPS) is 13.3. The number of aliphatic hydroxyl groups is 1. The third-order valence-electron chi connectivity index (χ3n) is 2.47. The van der Waals surface area contributed by atoms with Crippen LogP contribution in [0.1, 0.15) is 25.2 Å². The summed E-state index contributed by atoms with van der Waals surface area (Å²) >= 11 is 0. The second-order valence-corrected chi connectivity index (χ2v) is 4.38. The van der Waals surface area contributed by atoms with Crippen molar-refractivity contribution in [1.29, 1.82) is 0 Å². The number of fused-ring (bicyclic) bond motifs is 1. The van der Waals surface area contributed by atoms with Gasteiger partial charge >= 0.3 is 6.18 Å². The van der Waals surface area contributed by atoms with Gasteiger partial charge in [-0.15, -0.1) is 0 Å². The lowest BCUT2D eigenvalue weighted by molar-refractivity contribution is -0.136. The molecule has 0 bridgehead atoms. The number of alkyl halides is 3. The van der Waals surface area contributed by atoms with E-state index in [-0.39, 0.29) is 16.7 Å². The van der Waals surface area contributed by atoms with Crippen molar-refractivity contribution in [3.8, 4) is 0 Å². The molecule has 1 aromatic heterocycles. The quantitative estimate of drug-likeness (QED) is 0.830. The molecule has 0 aliphatic carbocycles. The minimum atomic E-state index is -4.43. The van der Waals surface area contributed by atoms with Crippen molar-refractivity contribution in [3.63, 3.8) is 0 Å². The van der Waals surface area contributed by atoms with E-state index in [1.165, 1.54) is 32.0 Å². The predicted octanol–water partition coefficient (Wildman–Crippen LogP) is 3.68. The van der Waals surface area contributed by atoms with Crippen LogP contribution in [0.25, 0.3) is 11.0 Å². The summed E-state index contributed by atoms with van der Waals surface area (Å²) in [5, 5.41) is 9.68. The SMILES string of the molecule is CC(C)(O)c1cc2c(C(F)(F)F)cccc2o1. The van der Waals surface area contributed by atoms with Crippen LogP contribution in [0, 0.1) is 0 Å². The van der Waals surface area contributed by atoms with Gasteiger partial charge in [-0.3, -0.25) is 0 Å². The zero-order valence-electron chi connectivity index (χ0n) is 9.30. The maximum absolute atomic E-state index is 12.7. The fourth-order valence-electron chi connectivity index (χ4n) is 1.61. The summed E-state index contributed by atoms with van der Waals surface area (Å²) in [4.78, 5) is 0. The summed E-state index contributed by atoms with van der Waals surface area (Å²) in [6.45, 7) is 2.91. The smallest absolute Gasteiger partial charge is 0.417 e. The van der Waals surface area contributed by atoms with Gasteiger partial charge in [0.05, 0.1) is 5.56 Å². The van der Waals surface area contributed by atoms with Gasteiger partial charge in [-0.1, -0.05) is 6.07 Å². The molecule has 17 heavy (non-hydrogen) atoms. The number of hydrogen-bond donors (Lipinski definition) is 1. The van der Waals surface area contributed by atoms with Crippen LogP contribution in [-0.2, 0) is 11.8 Å². The lowest BCUT2D eigenvalue weighted by Gasteiger charge is -2.12. The number of hydrogen-bond acceptors (Lipinski definition) is 2. The highest BCUT2D eigenvalue weighted by Gasteiger charge is 2.34. The molecular formula is C12H11F3O2. The van der Waals surface area contributed by atoms with Gasteiger partial charge in [0.1, 0.15) is 16.9 Å². The van der Waals surface area contributed by atoms with Crippen molar-refractivity contribution in [2.45, 2.75) is 25.6 Å². The third-order valence-corrected chi connectivity index (χ3v) is 2.47. The summed E-state index contributed by atoms with van der Waals surface area (Å²) in [6.07, 6.45) is -4.43. The number of halogens is 3. The van der Waals surface area contributed by atoms with E-state index >= 15 is 0 Å². The Bertz CT molecular complexity index is 547. The molecular weight excluding hydrogens is 233 g/mol. The van der Waals surface area contributed by atoms with Crippen molar-refractivity contribution < 1.29 is 22.7 Å². The highest BCUT2D eigenvalue weighted by molar-refractivity contribution is 5.82. The Balaban J connectivity index is 2.70. The van der Waals surface area contributed by atoms with Crippen molar-refractivity contribution in [2.24, 2.45) is 0 Å². The van der Waals surface area contributed by atoms with Gasteiger partial charge < -0.3 is 9.52 Å². The molecule has 1 aromatic carbocycles. The molecule has 2 aromatic rings. The van der Waals surface area contributed by atoms with Crippen molar-refractivity contribution in [2.75, 3.05) is 0 Å². The first-order chi connectivity index (χ1) is 7.69. The first kappa shape index (κ1) is 12.0. The number of furan rings is 1. The average molecular weight is 244 g/mol. The zero-order valence-corrected chi connectivity index (χ0v) is 9.30. The molecule has 0 saturated heterocycles. The monoisotopic (exact) mass is 244 g/mol. The van der Waals surface area contributed by atoms with E-state index in [0.717, 1.165) is 6.07 Å². The second-order valence-electron chi connectivity index (χ2n) is 4.38. The van der Waals surface area contributed by atoms with Crippen LogP contribution in [0.3, 0.4) is 0 Å². The molecule has 92 valence electrons. The highest BCUT2D eigenvalue weighted by atomic mass is 19.4. The summed E-state index contributed by atoms with van der Waals surface area (Å²) in [5.74, 6) is 0.115. The maximum Gasteiger partial charge on any atom is 0.417 e. The molecule has 0 unspecified atom stereocenters. The van der Waals surface area contributed by atoms with Crippen LogP contribution in [0.5, 0.6) is 0 Å². The molecule has 0 radical (unpaired) electrons. The predicted molar refractivity (Wildman–Crippen MR) is 56.5 cm³/mol. The molecule has 0 atom stereocenters. The largest absolute Gasteiger partial charge is 0.458 e. The minimum Gasteiger partial charge on any atom is -0.458 e. The summed E-state index contributed by atoms with van der Waals surface area (Å²) in [5.41, 5.74) is -1.94. The zero-order chi connectivity index (χ0) is 12.8. The molecule has 0 fully saturated rings. The lowest BCUT2D eigenvalue weighted by atomic mass is 10.0. The molecule has 5 heteroatoms. The van der Waals surface area contributed by atoms with Crippen LogP contribution in [0.15, 0.2) is 28.7 Å². The van der Waals surface area contributed by atoms with E-state index in [9.17, 15) is 18.3 Å². The van der Waals surface area contributed by atoms with Crippen molar-refractivity contribution >= 4 is 11.0 Å². The Kier molecular flexibility index (Phi) is 2.47. The van der Waals surface area contributed by atoms with Crippen LogP contribution in [0.4, 0.5) is 13.2 Å². The summed E-state index contributed by atoms with van der Waals surface area (Å²) in [7, 11) is 0. The van der Waals surface area contributed by atoms with Crippen molar-refractivity contribution in [1.82, 2.24) is 0 Å². The third kappa shape index (κ3) is 2.15. The number of rotatable bonds is 1. The van der Waals surface area contributed by atoms with Gasteiger partial charge in [0.15, 0.2) is 0 Å². The maximum atomic E-state index is 12.7. The minimum absolute atomic E-state index is 0.0304. The molecule has 0 aliphatic heterocycles. The first-order valence-corrected chi connectivity index (χ1v) is 5.02. The lowest BCUT2D eigenvalue weighted by Crippen LogP contribution is -2.13. The first-order valence-electron chi connectivity index (χ1n) is 5.02. The van der Waals surface area contributed by atoms with E-state index in [1.807, 2.05) is 0 Å². The summed E-state index contributed by atoms with van der Waals surface area (Å²) in [6, 6.07) is 4.95. The van der Waals surface area contributed by atoms with Crippen LogP contribution < -0.4 is 0 Å². The molecule has 0 spiro atoms. The van der Waals surface area contributed by atoms with Gasteiger partial charge in [-0.05, 0) is 32.0 Å². The standard InChI is InChI=1S/C12H11F3O2/c1-11(2,16)10-6-7-8(12(13,14)15)4-3-5-9(7)17-10/h3-6,16H,1-2H3. The van der Waals surface area contributed by atoms with E-state index in [0.29, 0.717) is 0 Å². The van der Waals surface area contributed by atoms with Gasteiger partial charge in [0, 0.05) is 5.39 Å². The fourth-order valence-corrected chi connectivity index (χ4v) is 1.61. The van der Waals surface area contributed by atoms with E-state index < -0.39 is 17.3 Å². The topological polar surface area (TPSA) is 33.4 Å². The number of benzene rings is 1. The van der Waals surface area contributed by atoms with E-state index in [2.05, 4.69) is 0 Å². The molecule has 0 aliphatic rings. The average Bonchev–Trinajstić information content (AvgIpc) is 2.57. The van der Waals surface area contributed by atoms with Crippen molar-refractivity contribution in [3.05, 3.63) is 35.6 Å². The Hall–Kier alpha value is -1.49. The van der Waals surface area contributed by atoms with Gasteiger partial charge in [0.2, 0.25) is 0 Å². The van der Waals surface area contributed by atoms with Crippen LogP contribution in [0.2, 0.25) is 0 Å².